The first-order chi connectivity index (χ1) is 9.70. The van der Waals surface area contributed by atoms with Crippen molar-refractivity contribution in [2.24, 2.45) is 0 Å². The molecule has 0 rings (SSSR count). The van der Waals surface area contributed by atoms with Crippen molar-refractivity contribution < 1.29 is 9.59 Å². The Balaban J connectivity index is 3.37. The molecule has 0 bridgehead atoms. The second-order valence-corrected chi connectivity index (χ2v) is 7.93. The molecule has 0 aliphatic carbocycles. The molecule has 20 heavy (non-hydrogen) atoms. The summed E-state index contributed by atoms with van der Waals surface area (Å²) in [5.74, 6) is 1.84. The molecule has 0 atom stereocenters. The third kappa shape index (κ3) is 14.7. The zero-order chi connectivity index (χ0) is 15.1. The van der Waals surface area contributed by atoms with Gasteiger partial charge in [0.15, 0.2) is 0 Å². The Hall–Kier alpha value is 0.340. The van der Waals surface area contributed by atoms with Crippen LogP contribution < -0.4 is 9.44 Å². The molecule has 0 aliphatic rings. The predicted molar refractivity (Wildman–Crippen MR) is 96.2 cm³/mol. The maximum absolute atomic E-state index is 11.4. The Labute approximate surface area is 138 Å². The van der Waals surface area contributed by atoms with Gasteiger partial charge >= 0.3 is 0 Å². The summed E-state index contributed by atoms with van der Waals surface area (Å²) in [5, 5.41) is -0.356. The van der Waals surface area contributed by atoms with E-state index in [9.17, 15) is 9.59 Å². The molecule has 0 aliphatic heterocycles. The summed E-state index contributed by atoms with van der Waals surface area (Å²) in [6.45, 7) is 4.29. The average molecular weight is 357 g/mol. The maximum atomic E-state index is 11.4. The lowest BCUT2D eigenvalue weighted by Crippen LogP contribution is -2.12. The van der Waals surface area contributed by atoms with Crippen LogP contribution >= 0.6 is 45.5 Å². The Morgan fingerprint density at radius 2 is 1.15 bits per heavy atom. The topological polar surface area (TPSA) is 58.2 Å². The number of amides is 2. The van der Waals surface area contributed by atoms with Gasteiger partial charge in [0.1, 0.15) is 0 Å². The lowest BCUT2D eigenvalue weighted by Gasteiger charge is -2.04. The summed E-state index contributed by atoms with van der Waals surface area (Å²) < 4.78 is 5.43. The van der Waals surface area contributed by atoms with E-state index in [0.717, 1.165) is 45.9 Å². The van der Waals surface area contributed by atoms with E-state index in [2.05, 4.69) is 23.3 Å². The van der Waals surface area contributed by atoms with Crippen molar-refractivity contribution in [3.8, 4) is 0 Å². The van der Waals surface area contributed by atoms with Gasteiger partial charge in [-0.1, -0.05) is 39.5 Å². The fourth-order valence-corrected chi connectivity index (χ4v) is 4.16. The molecule has 2 amide bonds. The fraction of sp³-hybridized carbons (Fsp3) is 0.833. The van der Waals surface area contributed by atoms with Gasteiger partial charge in [-0.2, -0.15) is 0 Å². The molecule has 0 aromatic carbocycles. The summed E-state index contributed by atoms with van der Waals surface area (Å²) in [5.41, 5.74) is 0. The molecule has 0 heterocycles. The van der Waals surface area contributed by atoms with Crippen molar-refractivity contribution in [2.45, 2.75) is 52.4 Å². The molecule has 0 radical (unpaired) electrons. The normalized spacial score (nSPS) is 10.3. The summed E-state index contributed by atoms with van der Waals surface area (Å²) in [7, 11) is 1.87. The second kappa shape index (κ2) is 15.7. The van der Waals surface area contributed by atoms with Gasteiger partial charge in [-0.15, -0.1) is 0 Å². The van der Waals surface area contributed by atoms with Gasteiger partial charge in [0.05, 0.1) is 0 Å². The standard InChI is InChI=1S/C12H24N2O2S4/c1-3-5-7-9-17-13-11(15)19-20-12(16)14-18-10-8-6-4-2/h3-10H2,1-2H3,(H,13,15)(H,14,16). The van der Waals surface area contributed by atoms with Crippen LogP contribution in [0.2, 0.25) is 0 Å². The fourth-order valence-electron chi connectivity index (χ4n) is 1.18. The second-order valence-electron chi connectivity index (χ2n) is 4.06. The van der Waals surface area contributed by atoms with Gasteiger partial charge in [0.2, 0.25) is 0 Å². The number of carbonyl (C=O) groups is 2. The largest absolute Gasteiger partial charge is 0.300 e. The molecule has 0 aromatic rings. The third-order valence-corrected chi connectivity index (χ3v) is 5.86. The number of hydrogen-bond acceptors (Lipinski definition) is 6. The first-order valence-electron chi connectivity index (χ1n) is 6.88. The Morgan fingerprint density at radius 1 is 0.750 bits per heavy atom. The van der Waals surface area contributed by atoms with E-state index in [0.29, 0.717) is 0 Å². The average Bonchev–Trinajstić information content (AvgIpc) is 2.44. The highest BCUT2D eigenvalue weighted by Gasteiger charge is 2.08. The van der Waals surface area contributed by atoms with E-state index >= 15 is 0 Å². The van der Waals surface area contributed by atoms with Crippen molar-refractivity contribution >= 4 is 56.0 Å². The zero-order valence-corrected chi connectivity index (χ0v) is 15.4. The van der Waals surface area contributed by atoms with Crippen LogP contribution in [0.25, 0.3) is 0 Å². The summed E-state index contributed by atoms with van der Waals surface area (Å²) in [6, 6.07) is 0. The molecule has 2 N–H and O–H groups in total. The van der Waals surface area contributed by atoms with Gasteiger partial charge in [-0.25, -0.2) is 0 Å². The number of rotatable bonds is 10. The number of carbonyl (C=O) groups excluding carboxylic acids is 2. The summed E-state index contributed by atoms with van der Waals surface area (Å²) in [4.78, 5) is 22.8. The molecule has 0 saturated carbocycles. The molecule has 0 spiro atoms. The van der Waals surface area contributed by atoms with Crippen LogP contribution in [0.1, 0.15) is 52.4 Å². The summed E-state index contributed by atoms with van der Waals surface area (Å²) in [6.07, 6.45) is 6.93. The van der Waals surface area contributed by atoms with Crippen molar-refractivity contribution in [3.05, 3.63) is 0 Å². The van der Waals surface area contributed by atoms with Crippen LogP contribution in [-0.4, -0.2) is 22.0 Å². The molecule has 0 aromatic heterocycles. The van der Waals surface area contributed by atoms with Crippen LogP contribution in [0, 0.1) is 0 Å². The lowest BCUT2D eigenvalue weighted by molar-refractivity contribution is 0.264. The summed E-state index contributed by atoms with van der Waals surface area (Å²) >= 11 is 2.82. The van der Waals surface area contributed by atoms with Crippen LogP contribution in [0.4, 0.5) is 9.59 Å². The van der Waals surface area contributed by atoms with Crippen molar-refractivity contribution in [2.75, 3.05) is 11.5 Å². The maximum Gasteiger partial charge on any atom is 0.300 e. The first kappa shape index (κ1) is 20.3. The SMILES string of the molecule is CCCCCSNC(=O)SSC(=O)NSCCCCC. The molecule has 8 heteroatoms. The molecular weight excluding hydrogens is 332 g/mol. The molecule has 4 nitrogen and oxygen atoms in total. The Kier molecular flexibility index (Phi) is 16.0. The smallest absolute Gasteiger partial charge is 0.290 e. The zero-order valence-electron chi connectivity index (χ0n) is 12.1. The highest BCUT2D eigenvalue weighted by atomic mass is 33.1. The van der Waals surface area contributed by atoms with Gasteiger partial charge in [0, 0.05) is 33.1 Å². The van der Waals surface area contributed by atoms with Gasteiger partial charge in [0.25, 0.3) is 10.5 Å². The number of nitrogens with one attached hydrogen (secondary N) is 2. The molecule has 118 valence electrons. The quantitative estimate of drug-likeness (QED) is 0.308. The molecular formula is C12H24N2O2S4. The van der Waals surface area contributed by atoms with E-state index in [1.54, 1.807) is 0 Å². The van der Waals surface area contributed by atoms with E-state index < -0.39 is 0 Å². The molecule has 0 unspecified atom stereocenters. The number of unbranched alkanes of at least 4 members (excludes halogenated alkanes) is 4. The van der Waals surface area contributed by atoms with Crippen molar-refractivity contribution in [1.29, 1.82) is 0 Å². The predicted octanol–water partition coefficient (Wildman–Crippen LogP) is 5.46. The minimum absolute atomic E-state index is 0.178. The Morgan fingerprint density at radius 3 is 1.50 bits per heavy atom. The lowest BCUT2D eigenvalue weighted by atomic mass is 10.3. The van der Waals surface area contributed by atoms with E-state index in [-0.39, 0.29) is 10.5 Å². The van der Waals surface area contributed by atoms with Gasteiger partial charge in [-0.05, 0) is 36.7 Å². The van der Waals surface area contributed by atoms with Crippen molar-refractivity contribution in [1.82, 2.24) is 9.44 Å². The van der Waals surface area contributed by atoms with Gasteiger partial charge in [-0.3, -0.25) is 19.0 Å². The molecule has 0 saturated heterocycles. The van der Waals surface area contributed by atoms with E-state index in [4.69, 9.17) is 0 Å². The highest BCUT2D eigenvalue weighted by molar-refractivity contribution is 8.87. The van der Waals surface area contributed by atoms with E-state index in [1.165, 1.54) is 49.6 Å². The Bertz CT molecular complexity index is 242. The van der Waals surface area contributed by atoms with Crippen molar-refractivity contribution in [3.63, 3.8) is 0 Å². The van der Waals surface area contributed by atoms with Crippen LogP contribution in [-0.2, 0) is 0 Å². The van der Waals surface area contributed by atoms with Crippen LogP contribution in [0.15, 0.2) is 0 Å². The minimum Gasteiger partial charge on any atom is -0.290 e. The van der Waals surface area contributed by atoms with Crippen LogP contribution in [0.5, 0.6) is 0 Å². The highest BCUT2D eigenvalue weighted by Crippen LogP contribution is 2.24. The van der Waals surface area contributed by atoms with Gasteiger partial charge < -0.3 is 0 Å². The minimum atomic E-state index is -0.178. The molecule has 0 fully saturated rings. The monoisotopic (exact) mass is 356 g/mol. The third-order valence-electron chi connectivity index (χ3n) is 2.20. The number of hydrogen-bond donors (Lipinski definition) is 2. The van der Waals surface area contributed by atoms with Crippen LogP contribution in [0.3, 0.4) is 0 Å². The van der Waals surface area contributed by atoms with E-state index in [1.807, 2.05) is 0 Å². The first-order valence-corrected chi connectivity index (χ1v) is 11.0.